The van der Waals surface area contributed by atoms with Crippen molar-refractivity contribution < 1.29 is 13.6 Å². The van der Waals surface area contributed by atoms with Gasteiger partial charge in [0.2, 0.25) is 0 Å². The van der Waals surface area contributed by atoms with Crippen LogP contribution in [0.25, 0.3) is 0 Å². The molecule has 56 valence electrons. The normalized spacial score (nSPS) is 11.3. The molecule has 0 aliphatic carbocycles. The molecule has 0 aromatic carbocycles. The summed E-state index contributed by atoms with van der Waals surface area (Å²) in [6.45, 7) is 4.06. The Kier molecular flexibility index (Phi) is 8.18. The fraction of sp³-hybridized carbons (Fsp3) is 1.00. The lowest BCUT2D eigenvalue weighted by molar-refractivity contribution is 0.132. The van der Waals surface area contributed by atoms with Crippen molar-refractivity contribution in [1.82, 2.24) is 0 Å². The summed E-state index contributed by atoms with van der Waals surface area (Å²) in [6, 6.07) is 0. The number of ether oxygens (including phenoxy) is 1. The second-order valence-corrected chi connectivity index (χ2v) is 2.56. The van der Waals surface area contributed by atoms with Crippen LogP contribution in [0.1, 0.15) is 6.92 Å². The van der Waals surface area contributed by atoms with Gasteiger partial charge in [-0.05, 0) is 6.92 Å². The number of methoxy groups -OCH3 is 1. The van der Waals surface area contributed by atoms with Crippen LogP contribution in [0.3, 0.4) is 0 Å². The Morgan fingerprint density at radius 1 is 1.22 bits per heavy atom. The first-order valence-corrected chi connectivity index (χ1v) is 4.21. The first-order valence-electron chi connectivity index (χ1n) is 3.06. The van der Waals surface area contributed by atoms with Gasteiger partial charge in [0.05, 0.1) is 13.2 Å². The topological polar surface area (TPSA) is 27.7 Å². The van der Waals surface area contributed by atoms with Gasteiger partial charge < -0.3 is 13.6 Å². The Hall–Kier alpha value is 0.0969. The van der Waals surface area contributed by atoms with Crippen LogP contribution >= 0.6 is 0 Å². The molecule has 0 unspecified atom stereocenters. The lowest BCUT2D eigenvalue weighted by Crippen LogP contribution is -2.08. The largest absolute Gasteiger partial charge is 0.399 e. The minimum absolute atomic E-state index is 0.667. The molecule has 0 N–H and O–H groups in total. The fourth-order valence-corrected chi connectivity index (χ4v) is 0.864. The minimum atomic E-state index is -0.689. The summed E-state index contributed by atoms with van der Waals surface area (Å²) in [4.78, 5) is 0. The Bertz CT molecular complexity index is 45.5. The van der Waals surface area contributed by atoms with Crippen molar-refractivity contribution in [3.8, 4) is 0 Å². The zero-order valence-electron chi connectivity index (χ0n) is 6.05. The highest BCUT2D eigenvalue weighted by atomic mass is 28.3. The van der Waals surface area contributed by atoms with Crippen LogP contribution in [0, 0.1) is 0 Å². The van der Waals surface area contributed by atoms with E-state index in [0.29, 0.717) is 13.2 Å². The maximum Gasteiger partial charge on any atom is 0.304 e. The van der Waals surface area contributed by atoms with Crippen molar-refractivity contribution in [2.24, 2.45) is 0 Å². The molecule has 0 aromatic rings. The maximum absolute atomic E-state index is 5.11. The van der Waals surface area contributed by atoms with Gasteiger partial charge >= 0.3 is 10.0 Å². The summed E-state index contributed by atoms with van der Waals surface area (Å²) >= 11 is 0. The van der Waals surface area contributed by atoms with Gasteiger partial charge in [0, 0.05) is 13.7 Å². The SMILES string of the molecule is CCO[SiH2]OCCOC. The molecule has 0 spiro atoms. The van der Waals surface area contributed by atoms with E-state index >= 15 is 0 Å². The molecule has 0 heterocycles. The summed E-state index contributed by atoms with van der Waals surface area (Å²) in [5.74, 6) is 0. The molecule has 9 heavy (non-hydrogen) atoms. The van der Waals surface area contributed by atoms with Gasteiger partial charge in [0.15, 0.2) is 0 Å². The lowest BCUT2D eigenvalue weighted by atomic mass is 10.8. The average molecular weight is 150 g/mol. The van der Waals surface area contributed by atoms with Crippen LogP contribution in [0.4, 0.5) is 0 Å². The molecule has 0 aliphatic rings. The van der Waals surface area contributed by atoms with Crippen molar-refractivity contribution in [1.29, 1.82) is 0 Å². The molecule has 0 rings (SSSR count). The van der Waals surface area contributed by atoms with Crippen molar-refractivity contribution >= 4 is 10.0 Å². The second-order valence-electron chi connectivity index (χ2n) is 1.51. The van der Waals surface area contributed by atoms with E-state index in [0.717, 1.165) is 6.61 Å². The van der Waals surface area contributed by atoms with E-state index in [1.54, 1.807) is 7.11 Å². The molecule has 0 aliphatic heterocycles. The third-order valence-electron chi connectivity index (χ3n) is 0.803. The van der Waals surface area contributed by atoms with Gasteiger partial charge in [-0.25, -0.2) is 0 Å². The van der Waals surface area contributed by atoms with E-state index in [1.807, 2.05) is 6.92 Å². The van der Waals surface area contributed by atoms with E-state index in [4.69, 9.17) is 13.6 Å². The molecule has 0 fully saturated rings. The predicted octanol–water partition coefficient (Wildman–Crippen LogP) is -0.315. The molecule has 0 radical (unpaired) electrons. The van der Waals surface area contributed by atoms with Gasteiger partial charge in [-0.15, -0.1) is 0 Å². The summed E-state index contributed by atoms with van der Waals surface area (Å²) in [5.41, 5.74) is 0. The van der Waals surface area contributed by atoms with Gasteiger partial charge in [-0.3, -0.25) is 0 Å². The van der Waals surface area contributed by atoms with Gasteiger partial charge in [0.25, 0.3) is 0 Å². The van der Waals surface area contributed by atoms with E-state index in [9.17, 15) is 0 Å². The van der Waals surface area contributed by atoms with Crippen LogP contribution in [-0.2, 0) is 13.6 Å². The highest BCUT2D eigenvalue weighted by molar-refractivity contribution is 6.17. The van der Waals surface area contributed by atoms with Crippen LogP contribution in [0.5, 0.6) is 0 Å². The van der Waals surface area contributed by atoms with E-state index in [2.05, 4.69) is 0 Å². The van der Waals surface area contributed by atoms with Gasteiger partial charge in [0.1, 0.15) is 0 Å². The molecular formula is C5H14O3Si. The highest BCUT2D eigenvalue weighted by Gasteiger charge is 1.85. The second kappa shape index (κ2) is 8.10. The van der Waals surface area contributed by atoms with Crippen LogP contribution < -0.4 is 0 Å². The highest BCUT2D eigenvalue weighted by Crippen LogP contribution is 1.74. The minimum Gasteiger partial charge on any atom is -0.399 e. The van der Waals surface area contributed by atoms with E-state index < -0.39 is 10.0 Å². The average Bonchev–Trinajstić information content (AvgIpc) is 1.89. The zero-order chi connectivity index (χ0) is 6.95. The van der Waals surface area contributed by atoms with Crippen LogP contribution in [-0.4, -0.2) is 36.9 Å². The van der Waals surface area contributed by atoms with E-state index in [-0.39, 0.29) is 0 Å². The first-order chi connectivity index (χ1) is 4.41. The first kappa shape index (κ1) is 9.10. The Morgan fingerprint density at radius 3 is 2.56 bits per heavy atom. The third-order valence-corrected chi connectivity index (χ3v) is 1.83. The Labute approximate surface area is 58.4 Å². The molecule has 3 nitrogen and oxygen atoms in total. The Morgan fingerprint density at radius 2 is 2.00 bits per heavy atom. The van der Waals surface area contributed by atoms with Crippen molar-refractivity contribution in [2.75, 3.05) is 26.9 Å². The monoisotopic (exact) mass is 150 g/mol. The molecule has 0 saturated heterocycles. The summed E-state index contributed by atoms with van der Waals surface area (Å²) < 4.78 is 14.9. The third kappa shape index (κ3) is 8.10. The van der Waals surface area contributed by atoms with Crippen LogP contribution in [0.15, 0.2) is 0 Å². The number of hydrogen-bond donors (Lipinski definition) is 0. The molecular weight excluding hydrogens is 136 g/mol. The van der Waals surface area contributed by atoms with Gasteiger partial charge in [-0.2, -0.15) is 0 Å². The van der Waals surface area contributed by atoms with Gasteiger partial charge in [-0.1, -0.05) is 0 Å². The Balaban J connectivity index is 2.60. The number of hydrogen-bond acceptors (Lipinski definition) is 3. The van der Waals surface area contributed by atoms with Crippen molar-refractivity contribution in [3.05, 3.63) is 0 Å². The molecule has 4 heteroatoms. The molecule has 0 aromatic heterocycles. The predicted molar refractivity (Wildman–Crippen MR) is 38.0 cm³/mol. The lowest BCUT2D eigenvalue weighted by Gasteiger charge is -2.00. The van der Waals surface area contributed by atoms with Crippen molar-refractivity contribution in [3.63, 3.8) is 0 Å². The zero-order valence-corrected chi connectivity index (χ0v) is 7.47. The smallest absolute Gasteiger partial charge is 0.304 e. The molecule has 0 atom stereocenters. The fourth-order valence-electron chi connectivity index (χ4n) is 0.343. The molecule has 0 bridgehead atoms. The number of rotatable bonds is 6. The molecule has 0 amide bonds. The standard InChI is InChI=1S/C5H14O3Si/c1-3-7-9-8-5-4-6-2/h3-5,9H2,1-2H3. The van der Waals surface area contributed by atoms with Crippen LogP contribution in [0.2, 0.25) is 0 Å². The summed E-state index contributed by atoms with van der Waals surface area (Å²) in [5, 5.41) is 0. The van der Waals surface area contributed by atoms with Crippen molar-refractivity contribution in [2.45, 2.75) is 6.92 Å². The molecule has 0 saturated carbocycles. The maximum atomic E-state index is 5.11. The quantitative estimate of drug-likeness (QED) is 0.384. The summed E-state index contributed by atoms with van der Waals surface area (Å²) in [7, 11) is 0.969. The van der Waals surface area contributed by atoms with E-state index in [1.165, 1.54) is 0 Å². The summed E-state index contributed by atoms with van der Waals surface area (Å²) in [6.07, 6.45) is 0.